The Balaban J connectivity index is 2.85. The smallest absolute Gasteiger partial charge is 0.0434 e. The van der Waals surface area contributed by atoms with Crippen molar-refractivity contribution in [2.75, 3.05) is 0 Å². The zero-order valence-corrected chi connectivity index (χ0v) is 5.25. The second kappa shape index (κ2) is 2.62. The molecular weight excluding hydrogens is 110 g/mol. The van der Waals surface area contributed by atoms with Crippen LogP contribution in [0.25, 0.3) is 0 Å². The maximum Gasteiger partial charge on any atom is 0.0434 e. The van der Waals surface area contributed by atoms with E-state index in [4.69, 9.17) is 0 Å². The Bertz CT molecular complexity index is 167. The highest BCUT2D eigenvalue weighted by molar-refractivity contribution is 5.11. The molecule has 1 nitrogen and oxygen atoms in total. The highest BCUT2D eigenvalue weighted by atomic mass is 14.7. The number of rotatable bonds is 1. The van der Waals surface area contributed by atoms with Gasteiger partial charge in [0.2, 0.25) is 0 Å². The van der Waals surface area contributed by atoms with Gasteiger partial charge in [0.15, 0.2) is 0 Å². The number of aromatic nitrogens is 1. The quantitative estimate of drug-likeness (QED) is 0.549. The van der Waals surface area contributed by atoms with Gasteiger partial charge < -0.3 is 0 Å². The summed E-state index contributed by atoms with van der Waals surface area (Å²) in [6, 6.07) is 5.74. The summed E-state index contributed by atoms with van der Waals surface area (Å²) in [4.78, 5) is 4.05. The molecule has 0 aliphatic heterocycles. The first-order valence-electron chi connectivity index (χ1n) is 2.88. The fraction of sp³-hybridized carbons (Fsp3) is 0.125. The summed E-state index contributed by atoms with van der Waals surface area (Å²) in [5.74, 6) is 0.0474. The van der Waals surface area contributed by atoms with Crippen LogP contribution in [0.3, 0.4) is 0 Å². The summed E-state index contributed by atoms with van der Waals surface area (Å²) >= 11 is 0. The Kier molecular flexibility index (Phi) is 1.83. The van der Waals surface area contributed by atoms with Crippen molar-refractivity contribution in [3.63, 3.8) is 0 Å². The standard InChI is InChI=1S/C8H9N/c1-7(2)8-5-3-4-6-9-8/h3-7H,1-2H2. The van der Waals surface area contributed by atoms with Crippen molar-refractivity contribution in [1.29, 1.82) is 0 Å². The van der Waals surface area contributed by atoms with E-state index in [1.165, 1.54) is 0 Å². The third-order valence-corrected chi connectivity index (χ3v) is 1.11. The molecule has 0 aromatic carbocycles. The molecule has 0 aliphatic carbocycles. The minimum absolute atomic E-state index is 0.0474. The van der Waals surface area contributed by atoms with Gasteiger partial charge in [0.05, 0.1) is 0 Å². The average Bonchev–Trinajstić information content (AvgIpc) is 1.90. The van der Waals surface area contributed by atoms with E-state index >= 15 is 0 Å². The van der Waals surface area contributed by atoms with Crippen LogP contribution in [0.2, 0.25) is 0 Å². The number of pyridine rings is 1. The highest BCUT2D eigenvalue weighted by Crippen LogP contribution is 2.07. The molecule has 0 saturated heterocycles. The Hall–Kier alpha value is -0.850. The van der Waals surface area contributed by atoms with Crippen LogP contribution >= 0.6 is 0 Å². The van der Waals surface area contributed by atoms with Gasteiger partial charge in [-0.2, -0.15) is 0 Å². The second-order valence-electron chi connectivity index (χ2n) is 1.95. The predicted molar refractivity (Wildman–Crippen MR) is 37.7 cm³/mol. The molecule has 1 heterocycles. The summed E-state index contributed by atoms with van der Waals surface area (Å²) in [7, 11) is 0. The third kappa shape index (κ3) is 1.53. The number of hydrogen-bond acceptors (Lipinski definition) is 1. The lowest BCUT2D eigenvalue weighted by Gasteiger charge is -1.99. The molecule has 0 bridgehead atoms. The van der Waals surface area contributed by atoms with Crippen LogP contribution in [0, 0.1) is 13.8 Å². The monoisotopic (exact) mass is 119 g/mol. The van der Waals surface area contributed by atoms with E-state index in [-0.39, 0.29) is 5.92 Å². The molecule has 0 N–H and O–H groups in total. The van der Waals surface area contributed by atoms with Crippen LogP contribution in [0.15, 0.2) is 24.4 Å². The molecule has 0 spiro atoms. The van der Waals surface area contributed by atoms with Crippen molar-refractivity contribution in [2.45, 2.75) is 5.92 Å². The summed E-state index contributed by atoms with van der Waals surface area (Å²) in [6.45, 7) is 7.47. The van der Waals surface area contributed by atoms with Crippen molar-refractivity contribution >= 4 is 0 Å². The van der Waals surface area contributed by atoms with Gasteiger partial charge in [-0.3, -0.25) is 4.98 Å². The van der Waals surface area contributed by atoms with Crippen LogP contribution in [0.5, 0.6) is 0 Å². The molecule has 1 aromatic heterocycles. The maximum atomic E-state index is 4.05. The Morgan fingerprint density at radius 1 is 1.33 bits per heavy atom. The van der Waals surface area contributed by atoms with E-state index < -0.39 is 0 Å². The highest BCUT2D eigenvalue weighted by Gasteiger charge is 1.95. The minimum Gasteiger partial charge on any atom is -0.261 e. The van der Waals surface area contributed by atoms with Crippen molar-refractivity contribution in [3.05, 3.63) is 43.9 Å². The first-order valence-corrected chi connectivity index (χ1v) is 2.88. The molecule has 0 saturated carbocycles. The van der Waals surface area contributed by atoms with E-state index in [2.05, 4.69) is 18.8 Å². The van der Waals surface area contributed by atoms with Gasteiger partial charge in [-0.15, -0.1) is 0 Å². The zero-order chi connectivity index (χ0) is 6.69. The topological polar surface area (TPSA) is 12.9 Å². The van der Waals surface area contributed by atoms with Gasteiger partial charge in [0.1, 0.15) is 0 Å². The molecule has 0 amide bonds. The Morgan fingerprint density at radius 2 is 2.11 bits per heavy atom. The minimum atomic E-state index is 0.0474. The van der Waals surface area contributed by atoms with Gasteiger partial charge in [-0.25, -0.2) is 0 Å². The zero-order valence-electron chi connectivity index (χ0n) is 5.25. The summed E-state index contributed by atoms with van der Waals surface area (Å²) < 4.78 is 0. The van der Waals surface area contributed by atoms with Gasteiger partial charge in [0, 0.05) is 17.8 Å². The van der Waals surface area contributed by atoms with Crippen LogP contribution in [-0.2, 0) is 0 Å². The average molecular weight is 119 g/mol. The molecule has 9 heavy (non-hydrogen) atoms. The number of hydrogen-bond donors (Lipinski definition) is 0. The maximum absolute atomic E-state index is 4.05. The molecule has 1 rings (SSSR count). The van der Waals surface area contributed by atoms with Crippen LogP contribution < -0.4 is 0 Å². The Labute approximate surface area is 55.7 Å². The first-order chi connectivity index (χ1) is 4.30. The molecule has 0 unspecified atom stereocenters. The molecule has 1 aromatic rings. The largest absolute Gasteiger partial charge is 0.261 e. The second-order valence-corrected chi connectivity index (χ2v) is 1.95. The van der Waals surface area contributed by atoms with Gasteiger partial charge in [0.25, 0.3) is 0 Å². The third-order valence-electron chi connectivity index (χ3n) is 1.11. The lowest BCUT2D eigenvalue weighted by Crippen LogP contribution is -1.89. The Morgan fingerprint density at radius 3 is 2.44 bits per heavy atom. The molecule has 0 fully saturated rings. The summed E-state index contributed by atoms with van der Waals surface area (Å²) in [5.41, 5.74) is 0.942. The van der Waals surface area contributed by atoms with Crippen molar-refractivity contribution in [2.24, 2.45) is 0 Å². The first kappa shape index (κ1) is 6.27. The molecule has 0 aliphatic rings. The van der Waals surface area contributed by atoms with Crippen molar-refractivity contribution < 1.29 is 0 Å². The van der Waals surface area contributed by atoms with Crippen LogP contribution in [-0.4, -0.2) is 4.98 Å². The van der Waals surface area contributed by atoms with Crippen LogP contribution in [0.1, 0.15) is 11.6 Å². The van der Waals surface area contributed by atoms with Crippen LogP contribution in [0.4, 0.5) is 0 Å². The van der Waals surface area contributed by atoms with Gasteiger partial charge in [-0.05, 0) is 26.0 Å². The van der Waals surface area contributed by atoms with Gasteiger partial charge in [-0.1, -0.05) is 6.07 Å². The van der Waals surface area contributed by atoms with Crippen molar-refractivity contribution in [1.82, 2.24) is 4.98 Å². The van der Waals surface area contributed by atoms with E-state index in [0.717, 1.165) is 5.69 Å². The fourth-order valence-corrected chi connectivity index (χ4v) is 0.617. The molecule has 46 valence electrons. The SMILES string of the molecule is [CH2]C([CH2])c1ccccn1. The lowest BCUT2D eigenvalue weighted by molar-refractivity contribution is 0.988. The molecule has 1 heteroatoms. The summed E-state index contributed by atoms with van der Waals surface area (Å²) in [6.07, 6.45) is 1.75. The van der Waals surface area contributed by atoms with Crippen molar-refractivity contribution in [3.8, 4) is 0 Å². The molecule has 0 atom stereocenters. The lowest BCUT2D eigenvalue weighted by atomic mass is 10.1. The fourth-order valence-electron chi connectivity index (χ4n) is 0.617. The van der Waals surface area contributed by atoms with E-state index in [1.807, 2.05) is 18.2 Å². The van der Waals surface area contributed by atoms with Gasteiger partial charge >= 0.3 is 0 Å². The normalized spacial score (nSPS) is 10.1. The predicted octanol–water partition coefficient (Wildman–Crippen LogP) is 1.83. The molecule has 2 radical (unpaired) electrons. The van der Waals surface area contributed by atoms with E-state index in [1.54, 1.807) is 6.20 Å². The number of nitrogens with zero attached hydrogens (tertiary/aromatic N) is 1. The summed E-state index contributed by atoms with van der Waals surface area (Å²) in [5, 5.41) is 0. The molecular formula is C8H9N. The van der Waals surface area contributed by atoms with E-state index in [9.17, 15) is 0 Å². The van der Waals surface area contributed by atoms with E-state index in [0.29, 0.717) is 0 Å².